The summed E-state index contributed by atoms with van der Waals surface area (Å²) in [6, 6.07) is 0. The molecular weight excluding hydrogens is 250 g/mol. The summed E-state index contributed by atoms with van der Waals surface area (Å²) in [6.07, 6.45) is 10.4. The van der Waals surface area contributed by atoms with E-state index in [0.717, 1.165) is 24.8 Å². The Morgan fingerprint density at radius 2 is 2.20 bits per heavy atom. The van der Waals surface area contributed by atoms with Gasteiger partial charge in [-0.3, -0.25) is 4.79 Å². The Balaban J connectivity index is 2.29. The van der Waals surface area contributed by atoms with Crippen molar-refractivity contribution < 1.29 is 9.53 Å². The summed E-state index contributed by atoms with van der Waals surface area (Å²) < 4.78 is 5.56. The van der Waals surface area contributed by atoms with Gasteiger partial charge in [-0.2, -0.15) is 0 Å². The summed E-state index contributed by atoms with van der Waals surface area (Å²) in [7, 11) is 0. The third-order valence-electron chi connectivity index (χ3n) is 3.03. The van der Waals surface area contributed by atoms with E-state index < -0.39 is 0 Å². The van der Waals surface area contributed by atoms with Crippen LogP contribution in [0.25, 0.3) is 0 Å². The highest BCUT2D eigenvalue weighted by atomic mass is 16.5. The summed E-state index contributed by atoms with van der Waals surface area (Å²) in [5.41, 5.74) is 0.916. The molecule has 1 amide bonds. The van der Waals surface area contributed by atoms with Gasteiger partial charge in [0, 0.05) is 13.0 Å². The molecule has 1 unspecified atom stereocenters. The number of carbonyl (C=O) groups is 1. The maximum atomic E-state index is 11.7. The SMILES string of the molecule is C=C/C=C(\C=C)CNC(=O)COC1C#CCCCCC1. The van der Waals surface area contributed by atoms with Gasteiger partial charge in [0.15, 0.2) is 0 Å². The fourth-order valence-corrected chi connectivity index (χ4v) is 1.88. The number of nitrogens with one attached hydrogen (secondary N) is 1. The van der Waals surface area contributed by atoms with Gasteiger partial charge in [0.25, 0.3) is 0 Å². The zero-order valence-electron chi connectivity index (χ0n) is 12.0. The van der Waals surface area contributed by atoms with Crippen LogP contribution in [0.2, 0.25) is 0 Å². The molecule has 1 rings (SSSR count). The van der Waals surface area contributed by atoms with Gasteiger partial charge in [-0.05, 0) is 24.8 Å². The van der Waals surface area contributed by atoms with E-state index in [-0.39, 0.29) is 18.6 Å². The molecule has 0 radical (unpaired) electrons. The highest BCUT2D eigenvalue weighted by Gasteiger charge is 2.10. The van der Waals surface area contributed by atoms with Crippen LogP contribution in [0.4, 0.5) is 0 Å². The van der Waals surface area contributed by atoms with Gasteiger partial charge in [0.05, 0.1) is 0 Å². The van der Waals surface area contributed by atoms with E-state index in [2.05, 4.69) is 30.3 Å². The molecule has 108 valence electrons. The molecule has 0 spiro atoms. The van der Waals surface area contributed by atoms with Crippen LogP contribution in [0.5, 0.6) is 0 Å². The van der Waals surface area contributed by atoms with Crippen LogP contribution >= 0.6 is 0 Å². The Morgan fingerprint density at radius 1 is 1.35 bits per heavy atom. The minimum Gasteiger partial charge on any atom is -0.356 e. The fourth-order valence-electron chi connectivity index (χ4n) is 1.88. The molecule has 1 aliphatic carbocycles. The second-order valence-electron chi connectivity index (χ2n) is 4.68. The van der Waals surface area contributed by atoms with Gasteiger partial charge in [-0.1, -0.05) is 43.7 Å². The number of amides is 1. The van der Waals surface area contributed by atoms with E-state index in [1.165, 1.54) is 12.8 Å². The largest absolute Gasteiger partial charge is 0.356 e. The highest BCUT2D eigenvalue weighted by molar-refractivity contribution is 5.77. The predicted molar refractivity (Wildman–Crippen MR) is 82.1 cm³/mol. The lowest BCUT2D eigenvalue weighted by molar-refractivity contribution is -0.126. The van der Waals surface area contributed by atoms with Crippen molar-refractivity contribution in [2.75, 3.05) is 13.2 Å². The van der Waals surface area contributed by atoms with E-state index in [9.17, 15) is 4.79 Å². The Kier molecular flexibility index (Phi) is 8.17. The Morgan fingerprint density at radius 3 is 2.95 bits per heavy atom. The highest BCUT2D eigenvalue weighted by Crippen LogP contribution is 2.10. The first-order valence-electron chi connectivity index (χ1n) is 7.07. The van der Waals surface area contributed by atoms with Gasteiger partial charge in [-0.15, -0.1) is 5.92 Å². The average molecular weight is 273 g/mol. The number of hydrogen-bond acceptors (Lipinski definition) is 2. The van der Waals surface area contributed by atoms with E-state index in [1.54, 1.807) is 12.2 Å². The lowest BCUT2D eigenvalue weighted by Gasteiger charge is -2.13. The Bertz CT molecular complexity index is 426. The standard InChI is InChI=1S/C17H23NO2/c1-3-10-15(4-2)13-18-17(19)14-20-16-11-8-6-5-7-9-12-16/h3-4,10,16H,1-2,5-8,11,13-14H2,(H,18,19)/b15-10+. The van der Waals surface area contributed by atoms with Crippen LogP contribution in [-0.2, 0) is 9.53 Å². The lowest BCUT2D eigenvalue weighted by Crippen LogP contribution is -2.31. The second kappa shape index (κ2) is 10.1. The van der Waals surface area contributed by atoms with Crippen molar-refractivity contribution in [1.29, 1.82) is 0 Å². The molecule has 3 heteroatoms. The molecule has 0 aromatic heterocycles. The molecular formula is C17H23NO2. The minimum atomic E-state index is -0.134. The molecule has 3 nitrogen and oxygen atoms in total. The zero-order chi connectivity index (χ0) is 14.6. The maximum absolute atomic E-state index is 11.7. The lowest BCUT2D eigenvalue weighted by atomic mass is 10.1. The van der Waals surface area contributed by atoms with Gasteiger partial charge < -0.3 is 10.1 Å². The molecule has 0 heterocycles. The number of hydrogen-bond donors (Lipinski definition) is 1. The van der Waals surface area contributed by atoms with E-state index in [0.29, 0.717) is 6.54 Å². The van der Waals surface area contributed by atoms with Gasteiger partial charge >= 0.3 is 0 Å². The van der Waals surface area contributed by atoms with Crippen molar-refractivity contribution in [3.63, 3.8) is 0 Å². The van der Waals surface area contributed by atoms with Crippen molar-refractivity contribution in [2.24, 2.45) is 0 Å². The van der Waals surface area contributed by atoms with Crippen molar-refractivity contribution in [3.05, 3.63) is 37.0 Å². The third-order valence-corrected chi connectivity index (χ3v) is 3.03. The van der Waals surface area contributed by atoms with Crippen LogP contribution in [0.15, 0.2) is 37.0 Å². The summed E-state index contributed by atoms with van der Waals surface area (Å²) in [5.74, 6) is 6.04. The Labute approximate surface area is 121 Å². The molecule has 0 bridgehead atoms. The summed E-state index contributed by atoms with van der Waals surface area (Å²) in [4.78, 5) is 11.7. The number of rotatable bonds is 7. The smallest absolute Gasteiger partial charge is 0.246 e. The number of carbonyl (C=O) groups excluding carboxylic acids is 1. The number of ether oxygens (including phenoxy) is 1. The minimum absolute atomic E-state index is 0.0534. The van der Waals surface area contributed by atoms with Crippen LogP contribution in [-0.4, -0.2) is 25.2 Å². The molecule has 0 saturated heterocycles. The van der Waals surface area contributed by atoms with Crippen molar-refractivity contribution in [3.8, 4) is 11.8 Å². The molecule has 0 aromatic rings. The van der Waals surface area contributed by atoms with Crippen LogP contribution in [0, 0.1) is 11.8 Å². The average Bonchev–Trinajstić information content (AvgIpc) is 2.42. The van der Waals surface area contributed by atoms with Crippen molar-refractivity contribution in [1.82, 2.24) is 5.32 Å². The van der Waals surface area contributed by atoms with Crippen LogP contribution in [0.3, 0.4) is 0 Å². The first-order chi connectivity index (χ1) is 9.76. The van der Waals surface area contributed by atoms with E-state index in [4.69, 9.17) is 4.74 Å². The Hall–Kier alpha value is -1.79. The van der Waals surface area contributed by atoms with Crippen LogP contribution in [0.1, 0.15) is 32.1 Å². The second-order valence-corrected chi connectivity index (χ2v) is 4.68. The predicted octanol–water partition coefficient (Wildman–Crippen LogP) is 2.75. The molecule has 1 N–H and O–H groups in total. The van der Waals surface area contributed by atoms with Crippen molar-refractivity contribution >= 4 is 5.91 Å². The maximum Gasteiger partial charge on any atom is 0.246 e. The molecule has 0 aliphatic heterocycles. The van der Waals surface area contributed by atoms with Gasteiger partial charge in [-0.25, -0.2) is 0 Å². The summed E-state index contributed by atoms with van der Waals surface area (Å²) >= 11 is 0. The van der Waals surface area contributed by atoms with Gasteiger partial charge in [0.2, 0.25) is 5.91 Å². The third kappa shape index (κ3) is 6.96. The first-order valence-corrected chi connectivity index (χ1v) is 7.07. The molecule has 0 fully saturated rings. The first kappa shape index (κ1) is 16.3. The number of allylic oxidation sites excluding steroid dienone is 2. The monoisotopic (exact) mass is 273 g/mol. The molecule has 0 aromatic carbocycles. The zero-order valence-corrected chi connectivity index (χ0v) is 12.0. The fraction of sp³-hybridized carbons (Fsp3) is 0.471. The summed E-state index contributed by atoms with van der Waals surface area (Å²) in [6.45, 7) is 7.78. The van der Waals surface area contributed by atoms with Gasteiger partial charge in [0.1, 0.15) is 12.7 Å². The van der Waals surface area contributed by atoms with Crippen LogP contribution < -0.4 is 5.32 Å². The summed E-state index contributed by atoms with van der Waals surface area (Å²) in [5, 5.41) is 2.79. The quantitative estimate of drug-likeness (QED) is 0.572. The molecule has 20 heavy (non-hydrogen) atoms. The molecule has 1 aliphatic rings. The van der Waals surface area contributed by atoms with Crippen molar-refractivity contribution in [2.45, 2.75) is 38.2 Å². The topological polar surface area (TPSA) is 38.3 Å². The molecule has 1 atom stereocenters. The molecule has 0 saturated carbocycles. The van der Waals surface area contributed by atoms with E-state index in [1.807, 2.05) is 6.08 Å². The normalized spacial score (nSPS) is 19.0. The van der Waals surface area contributed by atoms with E-state index >= 15 is 0 Å².